The van der Waals surface area contributed by atoms with Crippen molar-refractivity contribution < 1.29 is 17.6 Å². The lowest BCUT2D eigenvalue weighted by Gasteiger charge is -2.52. The van der Waals surface area contributed by atoms with Gasteiger partial charge < -0.3 is 14.4 Å². The van der Waals surface area contributed by atoms with E-state index >= 15 is 0 Å². The molecule has 226 valence electrons. The number of halogens is 5. The molecule has 9 nitrogen and oxygen atoms in total. The molecule has 1 aliphatic carbocycles. The molecule has 14 heteroatoms. The summed E-state index contributed by atoms with van der Waals surface area (Å²) in [5.74, 6) is -0.905. The Hall–Kier alpha value is -3.03. The topological polar surface area (TPSA) is 70.6 Å². The van der Waals surface area contributed by atoms with E-state index < -0.39 is 17.9 Å². The fourth-order valence-electron chi connectivity index (χ4n) is 6.51. The Morgan fingerprint density at radius 1 is 1.10 bits per heavy atom. The molecule has 1 aromatic carbocycles. The van der Waals surface area contributed by atoms with Gasteiger partial charge in [0.25, 0.3) is 5.78 Å². The summed E-state index contributed by atoms with van der Waals surface area (Å²) >= 11 is 6.15. The predicted octanol–water partition coefficient (Wildman–Crippen LogP) is 5.06. The van der Waals surface area contributed by atoms with Crippen molar-refractivity contribution in [3.05, 3.63) is 47.3 Å². The van der Waals surface area contributed by atoms with Gasteiger partial charge in [-0.1, -0.05) is 17.7 Å². The van der Waals surface area contributed by atoms with E-state index in [1.54, 1.807) is 18.5 Å². The number of aromatic nitrogens is 6. The van der Waals surface area contributed by atoms with E-state index in [0.717, 1.165) is 29.8 Å². The van der Waals surface area contributed by atoms with Gasteiger partial charge in [-0.3, -0.25) is 4.90 Å². The first-order valence-electron chi connectivity index (χ1n) is 14.2. The monoisotopic (exact) mass is 607 g/mol. The van der Waals surface area contributed by atoms with Crippen LogP contribution in [0.2, 0.25) is 5.02 Å². The van der Waals surface area contributed by atoms with Gasteiger partial charge in [0.15, 0.2) is 11.5 Å². The van der Waals surface area contributed by atoms with Crippen LogP contribution in [0.5, 0.6) is 0 Å². The van der Waals surface area contributed by atoms with Crippen LogP contribution in [0, 0.1) is 17.7 Å². The Kier molecular flexibility index (Phi) is 7.55. The molecule has 0 amide bonds. The van der Waals surface area contributed by atoms with Crippen molar-refractivity contribution in [3.63, 3.8) is 0 Å². The second-order valence-electron chi connectivity index (χ2n) is 12.0. The number of anilines is 1. The minimum atomic E-state index is -4.22. The highest BCUT2D eigenvalue weighted by molar-refractivity contribution is 6.30. The van der Waals surface area contributed by atoms with Gasteiger partial charge in [0.05, 0.1) is 17.3 Å². The van der Waals surface area contributed by atoms with Gasteiger partial charge >= 0.3 is 6.18 Å². The normalized spacial score (nSPS) is 24.6. The van der Waals surface area contributed by atoms with Crippen LogP contribution in [-0.2, 0) is 6.54 Å². The largest absolute Gasteiger partial charge is 0.391 e. The molecule has 0 spiro atoms. The van der Waals surface area contributed by atoms with Gasteiger partial charge in [-0.05, 0) is 64.4 Å². The molecule has 6 rings (SSSR count). The van der Waals surface area contributed by atoms with Crippen LogP contribution in [-0.4, -0.2) is 90.9 Å². The maximum Gasteiger partial charge on any atom is 0.391 e. The summed E-state index contributed by atoms with van der Waals surface area (Å²) in [6, 6.07) is 4.10. The highest BCUT2D eigenvalue weighted by Gasteiger charge is 2.52. The molecule has 2 aliphatic rings. The van der Waals surface area contributed by atoms with Crippen molar-refractivity contribution in [3.8, 4) is 0 Å². The third kappa shape index (κ3) is 5.19. The first kappa shape index (κ1) is 29.1. The van der Waals surface area contributed by atoms with Gasteiger partial charge in [0, 0.05) is 44.3 Å². The minimum Gasteiger partial charge on any atom is -0.349 e. The predicted molar refractivity (Wildman–Crippen MR) is 152 cm³/mol. The summed E-state index contributed by atoms with van der Waals surface area (Å²) in [7, 11) is 4.03. The van der Waals surface area contributed by atoms with Crippen LogP contribution in [0.3, 0.4) is 0 Å². The van der Waals surface area contributed by atoms with E-state index in [0.29, 0.717) is 24.7 Å². The molecule has 0 bridgehead atoms. The zero-order chi connectivity index (χ0) is 29.9. The maximum absolute atomic E-state index is 14.1. The average Bonchev–Trinajstić information content (AvgIpc) is 3.53. The van der Waals surface area contributed by atoms with E-state index in [2.05, 4.69) is 43.3 Å². The molecule has 0 N–H and O–H groups in total. The van der Waals surface area contributed by atoms with Crippen molar-refractivity contribution in [1.82, 2.24) is 38.9 Å². The lowest BCUT2D eigenvalue weighted by atomic mass is 9.68. The van der Waals surface area contributed by atoms with Crippen molar-refractivity contribution in [2.45, 2.75) is 57.5 Å². The van der Waals surface area contributed by atoms with E-state index in [1.165, 1.54) is 6.07 Å². The smallest absolute Gasteiger partial charge is 0.349 e. The number of benzene rings is 1. The van der Waals surface area contributed by atoms with Crippen LogP contribution in [0.15, 0.2) is 30.9 Å². The Labute approximate surface area is 246 Å². The molecule has 1 aliphatic heterocycles. The number of nitrogens with zero attached hydrogens (tertiary/aromatic N) is 9. The molecule has 4 heterocycles. The van der Waals surface area contributed by atoms with E-state index in [4.69, 9.17) is 21.6 Å². The van der Waals surface area contributed by atoms with E-state index in [9.17, 15) is 17.6 Å². The third-order valence-corrected chi connectivity index (χ3v) is 9.10. The summed E-state index contributed by atoms with van der Waals surface area (Å²) in [4.78, 5) is 16.2. The lowest BCUT2D eigenvalue weighted by Crippen LogP contribution is -2.59. The molecule has 42 heavy (non-hydrogen) atoms. The first-order chi connectivity index (χ1) is 19.9. The SMILES string of the molecule is C[C@@H]1CN(c2nc3nncn3c3c2ncn3CCN(C)C)[C@@H](C)CN1C(c1ccc(F)c(Cl)c1)C1CC(C(F)(F)F)C1. The third-order valence-electron chi connectivity index (χ3n) is 8.81. The van der Waals surface area contributed by atoms with Crippen LogP contribution in [0.1, 0.15) is 38.3 Å². The zero-order valence-electron chi connectivity index (χ0n) is 23.9. The van der Waals surface area contributed by atoms with Crippen molar-refractivity contribution in [2.24, 2.45) is 11.8 Å². The number of piperazine rings is 1. The molecule has 3 atom stereocenters. The average molecular weight is 608 g/mol. The number of hydrogen-bond donors (Lipinski definition) is 0. The number of alkyl halides is 3. The van der Waals surface area contributed by atoms with Crippen LogP contribution >= 0.6 is 11.6 Å². The molecular weight excluding hydrogens is 574 g/mol. The Balaban J connectivity index is 1.33. The summed E-state index contributed by atoms with van der Waals surface area (Å²) in [6.07, 6.45) is -0.684. The van der Waals surface area contributed by atoms with Gasteiger partial charge in [0.1, 0.15) is 17.7 Å². The summed E-state index contributed by atoms with van der Waals surface area (Å²) in [5, 5.41) is 8.29. The Bertz CT molecular complexity index is 1580. The van der Waals surface area contributed by atoms with E-state index in [1.807, 2.05) is 24.8 Å². The van der Waals surface area contributed by atoms with E-state index in [-0.39, 0.29) is 41.9 Å². The van der Waals surface area contributed by atoms with Crippen LogP contribution in [0.25, 0.3) is 16.9 Å². The number of fused-ring (bicyclic) bond motifs is 3. The van der Waals surface area contributed by atoms with Gasteiger partial charge in [-0.25, -0.2) is 13.8 Å². The molecule has 3 aromatic heterocycles. The van der Waals surface area contributed by atoms with Crippen molar-refractivity contribution in [1.29, 1.82) is 0 Å². The minimum absolute atomic E-state index is 0.0263. The number of likely N-dealkylation sites (N-methyl/N-ethyl adjacent to an activating group) is 1. The van der Waals surface area contributed by atoms with Crippen LogP contribution < -0.4 is 4.90 Å². The zero-order valence-corrected chi connectivity index (χ0v) is 24.7. The molecule has 1 saturated heterocycles. The molecule has 2 fully saturated rings. The Morgan fingerprint density at radius 3 is 2.55 bits per heavy atom. The second kappa shape index (κ2) is 10.9. The molecule has 1 saturated carbocycles. The second-order valence-corrected chi connectivity index (χ2v) is 12.4. The first-order valence-corrected chi connectivity index (χ1v) is 14.5. The molecule has 0 radical (unpaired) electrons. The number of hydrogen-bond acceptors (Lipinski definition) is 7. The van der Waals surface area contributed by atoms with Crippen LogP contribution in [0.4, 0.5) is 23.4 Å². The molecule has 4 aromatic rings. The molecule has 1 unspecified atom stereocenters. The van der Waals surface area contributed by atoms with Gasteiger partial charge in [0.2, 0.25) is 0 Å². The quantitative estimate of drug-likeness (QED) is 0.272. The molecular formula is C28H34ClF4N9. The fraction of sp³-hybridized carbons (Fsp3) is 0.571. The Morgan fingerprint density at radius 2 is 1.86 bits per heavy atom. The maximum atomic E-state index is 14.1. The summed E-state index contributed by atoms with van der Waals surface area (Å²) in [6.45, 7) is 6.83. The highest BCUT2D eigenvalue weighted by atomic mass is 35.5. The standard InChI is InChI=1S/C28H34ClF4N9/c1-16-13-41(25-23-26(42-15-35-37-27(42)36-25)39(14-34-23)8-7-38(3)4)17(2)12-40(16)24(18-5-6-22(30)21(29)11-18)19-9-20(10-19)28(31,32)33/h5-6,11,14-17,19-20,24H,7-10,12-13H2,1-4H3/t16-,17+,19?,20?,24?/m1/s1. The highest BCUT2D eigenvalue weighted by Crippen LogP contribution is 2.52. The van der Waals surface area contributed by atoms with Gasteiger partial charge in [-0.2, -0.15) is 18.2 Å². The summed E-state index contributed by atoms with van der Waals surface area (Å²) < 4.78 is 58.4. The number of rotatable bonds is 7. The fourth-order valence-corrected chi connectivity index (χ4v) is 6.70. The lowest BCUT2D eigenvalue weighted by molar-refractivity contribution is -0.211. The van der Waals surface area contributed by atoms with Crippen molar-refractivity contribution >= 4 is 34.4 Å². The van der Waals surface area contributed by atoms with Gasteiger partial charge in [-0.15, -0.1) is 10.2 Å². The van der Waals surface area contributed by atoms with Crippen molar-refractivity contribution in [2.75, 3.05) is 38.6 Å². The number of imidazole rings is 1. The summed E-state index contributed by atoms with van der Waals surface area (Å²) in [5.41, 5.74) is 2.34.